The van der Waals surface area contributed by atoms with Crippen LogP contribution in [0, 0.1) is 0 Å². The van der Waals surface area contributed by atoms with Gasteiger partial charge in [-0.05, 0) is 6.42 Å². The summed E-state index contributed by atoms with van der Waals surface area (Å²) in [6, 6.07) is 0. The molecule has 3 heteroatoms. The maximum Gasteiger partial charge on any atom is 0.155 e. The van der Waals surface area contributed by atoms with Crippen molar-refractivity contribution in [2.75, 3.05) is 12.4 Å². The summed E-state index contributed by atoms with van der Waals surface area (Å²) >= 11 is -1.03. The van der Waals surface area contributed by atoms with Crippen molar-refractivity contribution < 1.29 is 8.39 Å². The molecule has 0 radical (unpaired) electrons. The van der Waals surface area contributed by atoms with Crippen molar-refractivity contribution in [3.05, 3.63) is 0 Å². The molecule has 0 aliphatic rings. The maximum atomic E-state index is 10.5. The van der Waals surface area contributed by atoms with Gasteiger partial charge in [-0.3, -0.25) is 4.18 Å². The van der Waals surface area contributed by atoms with E-state index in [0.717, 1.165) is 6.42 Å². The first-order valence-corrected chi connectivity index (χ1v) is 4.07. The van der Waals surface area contributed by atoms with Crippen molar-refractivity contribution in [1.29, 1.82) is 0 Å². The van der Waals surface area contributed by atoms with E-state index in [2.05, 4.69) is 0 Å². The van der Waals surface area contributed by atoms with Crippen molar-refractivity contribution in [3.63, 3.8) is 0 Å². The predicted molar refractivity (Wildman–Crippen MR) is 34.9 cm³/mol. The van der Waals surface area contributed by atoms with E-state index in [1.165, 1.54) is 0 Å². The Bertz CT molecular complexity index is 72.8. The molecule has 0 bridgehead atoms. The molecule has 0 aromatic carbocycles. The van der Waals surface area contributed by atoms with Gasteiger partial charge >= 0.3 is 0 Å². The SMILES string of the molecule is CCCOS(=O)CC. The first-order valence-electron chi connectivity index (χ1n) is 2.82. The molecule has 1 atom stereocenters. The fourth-order valence-electron chi connectivity index (χ4n) is 0.260. The molecule has 0 aliphatic carbocycles. The molecule has 0 saturated heterocycles. The molecule has 1 unspecified atom stereocenters. The molecule has 0 aliphatic heterocycles. The molecule has 0 heterocycles. The highest BCUT2D eigenvalue weighted by atomic mass is 32.2. The van der Waals surface area contributed by atoms with Gasteiger partial charge in [0, 0.05) is 5.75 Å². The second kappa shape index (κ2) is 5.25. The van der Waals surface area contributed by atoms with Gasteiger partial charge in [-0.1, -0.05) is 13.8 Å². The van der Waals surface area contributed by atoms with Crippen LogP contribution in [-0.4, -0.2) is 16.6 Å². The molecule has 0 fully saturated rings. The molecule has 0 saturated carbocycles. The Morgan fingerprint density at radius 3 is 2.50 bits per heavy atom. The van der Waals surface area contributed by atoms with E-state index in [-0.39, 0.29) is 0 Å². The molecule has 0 aromatic heterocycles. The number of rotatable bonds is 4. The average molecular weight is 136 g/mol. The minimum Gasteiger partial charge on any atom is -0.291 e. The summed E-state index contributed by atoms with van der Waals surface area (Å²) in [6.45, 7) is 4.44. The molecular formula is C5H12O2S. The summed E-state index contributed by atoms with van der Waals surface area (Å²) in [4.78, 5) is 0. The molecule has 0 rings (SSSR count). The van der Waals surface area contributed by atoms with E-state index in [0.29, 0.717) is 12.4 Å². The summed E-state index contributed by atoms with van der Waals surface area (Å²) in [5.41, 5.74) is 0. The normalized spacial score (nSPS) is 13.8. The summed E-state index contributed by atoms with van der Waals surface area (Å²) in [5, 5.41) is 0. The summed E-state index contributed by atoms with van der Waals surface area (Å²) in [5.74, 6) is 0.597. The summed E-state index contributed by atoms with van der Waals surface area (Å²) in [6.07, 6.45) is 0.936. The zero-order chi connectivity index (χ0) is 6.41. The van der Waals surface area contributed by atoms with Crippen LogP contribution in [0.4, 0.5) is 0 Å². The third-order valence-electron chi connectivity index (χ3n) is 0.655. The fraction of sp³-hybridized carbons (Fsp3) is 1.00. The van der Waals surface area contributed by atoms with E-state index >= 15 is 0 Å². The van der Waals surface area contributed by atoms with Crippen molar-refractivity contribution in [1.82, 2.24) is 0 Å². The van der Waals surface area contributed by atoms with Gasteiger partial charge in [0.15, 0.2) is 11.1 Å². The van der Waals surface area contributed by atoms with E-state index in [1.54, 1.807) is 0 Å². The first kappa shape index (κ1) is 8.11. The molecule has 0 aromatic rings. The highest BCUT2D eigenvalue weighted by Gasteiger charge is 1.90. The fourth-order valence-corrected chi connectivity index (χ4v) is 0.779. The Labute approximate surface area is 52.9 Å². The Morgan fingerprint density at radius 2 is 2.12 bits per heavy atom. The van der Waals surface area contributed by atoms with Gasteiger partial charge in [-0.15, -0.1) is 0 Å². The van der Waals surface area contributed by atoms with E-state index in [9.17, 15) is 4.21 Å². The number of hydrogen-bond donors (Lipinski definition) is 0. The van der Waals surface area contributed by atoms with Gasteiger partial charge in [0.2, 0.25) is 0 Å². The van der Waals surface area contributed by atoms with Gasteiger partial charge in [-0.2, -0.15) is 0 Å². The third kappa shape index (κ3) is 4.27. The molecule has 0 amide bonds. The molecule has 2 nitrogen and oxygen atoms in total. The lowest BCUT2D eigenvalue weighted by molar-refractivity contribution is 0.348. The second-order valence-electron chi connectivity index (χ2n) is 1.41. The lowest BCUT2D eigenvalue weighted by Gasteiger charge is -1.95. The topological polar surface area (TPSA) is 26.3 Å². The Hall–Kier alpha value is 0.110. The summed E-state index contributed by atoms with van der Waals surface area (Å²) < 4.78 is 15.3. The van der Waals surface area contributed by atoms with Gasteiger partial charge in [0.25, 0.3) is 0 Å². The van der Waals surface area contributed by atoms with Crippen LogP contribution in [-0.2, 0) is 15.3 Å². The lowest BCUT2D eigenvalue weighted by Crippen LogP contribution is -1.99. The van der Waals surface area contributed by atoms with E-state index < -0.39 is 11.1 Å². The number of hydrogen-bond acceptors (Lipinski definition) is 2. The van der Waals surface area contributed by atoms with Gasteiger partial charge in [-0.25, -0.2) is 4.21 Å². The third-order valence-corrected chi connectivity index (χ3v) is 1.56. The standard InChI is InChI=1S/C5H12O2S/c1-3-5-7-8(6)4-2/h3-5H2,1-2H3. The molecule has 0 spiro atoms. The first-order chi connectivity index (χ1) is 3.81. The van der Waals surface area contributed by atoms with Crippen LogP contribution in [0.2, 0.25) is 0 Å². The van der Waals surface area contributed by atoms with Crippen LogP contribution in [0.3, 0.4) is 0 Å². The van der Waals surface area contributed by atoms with Crippen molar-refractivity contribution in [2.24, 2.45) is 0 Å². The second-order valence-corrected chi connectivity index (χ2v) is 2.83. The van der Waals surface area contributed by atoms with Gasteiger partial charge < -0.3 is 0 Å². The molecule has 8 heavy (non-hydrogen) atoms. The lowest BCUT2D eigenvalue weighted by atomic mass is 10.5. The van der Waals surface area contributed by atoms with Crippen LogP contribution in [0.15, 0.2) is 0 Å². The van der Waals surface area contributed by atoms with Crippen molar-refractivity contribution in [2.45, 2.75) is 20.3 Å². The Balaban J connectivity index is 2.99. The van der Waals surface area contributed by atoms with Crippen LogP contribution in [0.1, 0.15) is 20.3 Å². The van der Waals surface area contributed by atoms with Gasteiger partial charge in [0.1, 0.15) is 0 Å². The monoisotopic (exact) mass is 136 g/mol. The minimum atomic E-state index is -1.03. The molecular weight excluding hydrogens is 124 g/mol. The maximum absolute atomic E-state index is 10.5. The van der Waals surface area contributed by atoms with Crippen LogP contribution in [0.5, 0.6) is 0 Å². The summed E-state index contributed by atoms with van der Waals surface area (Å²) in [7, 11) is 0. The minimum absolute atomic E-state index is 0.597. The van der Waals surface area contributed by atoms with Crippen molar-refractivity contribution >= 4 is 11.1 Å². The highest BCUT2D eigenvalue weighted by molar-refractivity contribution is 7.80. The smallest absolute Gasteiger partial charge is 0.155 e. The largest absolute Gasteiger partial charge is 0.291 e. The van der Waals surface area contributed by atoms with E-state index in [1.807, 2.05) is 13.8 Å². The van der Waals surface area contributed by atoms with Crippen LogP contribution < -0.4 is 0 Å². The average Bonchev–Trinajstić information content (AvgIpc) is 1.83. The van der Waals surface area contributed by atoms with Crippen LogP contribution in [0.25, 0.3) is 0 Å². The molecule has 50 valence electrons. The van der Waals surface area contributed by atoms with Crippen LogP contribution >= 0.6 is 0 Å². The van der Waals surface area contributed by atoms with Crippen molar-refractivity contribution in [3.8, 4) is 0 Å². The zero-order valence-electron chi connectivity index (χ0n) is 5.35. The Kier molecular flexibility index (Phi) is 5.32. The zero-order valence-corrected chi connectivity index (χ0v) is 6.16. The Morgan fingerprint density at radius 1 is 1.50 bits per heavy atom. The predicted octanol–water partition coefficient (Wildman–Crippen LogP) is 1.10. The van der Waals surface area contributed by atoms with Gasteiger partial charge in [0.05, 0.1) is 6.61 Å². The van der Waals surface area contributed by atoms with E-state index in [4.69, 9.17) is 4.18 Å². The highest BCUT2D eigenvalue weighted by Crippen LogP contribution is 1.86. The molecule has 0 N–H and O–H groups in total. The quantitative estimate of drug-likeness (QED) is 0.578.